The van der Waals surface area contributed by atoms with Crippen molar-refractivity contribution >= 4 is 5.91 Å². The number of carbonyl (C=O) groups is 1. The molecule has 1 amide bonds. The summed E-state index contributed by atoms with van der Waals surface area (Å²) in [5.74, 6) is 1.46. The van der Waals surface area contributed by atoms with Gasteiger partial charge in [0.25, 0.3) is 5.91 Å². The normalized spacial score (nSPS) is 17.4. The van der Waals surface area contributed by atoms with E-state index in [4.69, 9.17) is 13.9 Å². The van der Waals surface area contributed by atoms with Crippen LogP contribution in [0.5, 0.6) is 5.75 Å². The summed E-state index contributed by atoms with van der Waals surface area (Å²) in [5, 5.41) is 2.83. The minimum Gasteiger partial charge on any atom is -0.486 e. The molecular formula is C17H19NO4. The van der Waals surface area contributed by atoms with Gasteiger partial charge in [-0.05, 0) is 37.1 Å². The molecule has 2 aromatic rings. The van der Waals surface area contributed by atoms with Crippen LogP contribution in [-0.2, 0) is 11.3 Å². The second-order valence-electron chi connectivity index (χ2n) is 5.21. The van der Waals surface area contributed by atoms with Crippen LogP contribution in [0.1, 0.15) is 29.2 Å². The fraction of sp³-hybridized carbons (Fsp3) is 0.353. The summed E-state index contributed by atoms with van der Waals surface area (Å²) in [6.07, 6.45) is 2.18. The monoisotopic (exact) mass is 301 g/mol. The van der Waals surface area contributed by atoms with Crippen LogP contribution in [0.4, 0.5) is 0 Å². The predicted molar refractivity (Wildman–Crippen MR) is 80.8 cm³/mol. The molecule has 0 bridgehead atoms. The van der Waals surface area contributed by atoms with Gasteiger partial charge in [-0.15, -0.1) is 0 Å². The number of amides is 1. The van der Waals surface area contributed by atoms with Gasteiger partial charge in [0.1, 0.15) is 18.1 Å². The highest BCUT2D eigenvalue weighted by atomic mass is 16.5. The zero-order valence-electron chi connectivity index (χ0n) is 12.3. The van der Waals surface area contributed by atoms with Gasteiger partial charge < -0.3 is 19.2 Å². The molecule has 1 atom stereocenters. The molecular weight excluding hydrogens is 282 g/mol. The summed E-state index contributed by atoms with van der Waals surface area (Å²) >= 11 is 0. The number of ether oxygens (including phenoxy) is 2. The molecule has 1 aromatic heterocycles. The van der Waals surface area contributed by atoms with Crippen LogP contribution in [0.2, 0.25) is 0 Å². The Balaban J connectivity index is 1.48. The summed E-state index contributed by atoms with van der Waals surface area (Å²) in [6, 6.07) is 12.9. The van der Waals surface area contributed by atoms with Gasteiger partial charge >= 0.3 is 0 Å². The number of hydrogen-bond donors (Lipinski definition) is 1. The third-order valence-electron chi connectivity index (χ3n) is 3.52. The molecule has 0 aliphatic carbocycles. The van der Waals surface area contributed by atoms with Crippen LogP contribution in [0.15, 0.2) is 46.9 Å². The molecule has 0 spiro atoms. The van der Waals surface area contributed by atoms with Gasteiger partial charge in [0.05, 0.1) is 6.10 Å². The van der Waals surface area contributed by atoms with E-state index in [-0.39, 0.29) is 12.0 Å². The van der Waals surface area contributed by atoms with E-state index in [1.54, 1.807) is 12.1 Å². The lowest BCUT2D eigenvalue weighted by Crippen LogP contribution is -2.31. The quantitative estimate of drug-likeness (QED) is 0.891. The highest BCUT2D eigenvalue weighted by Crippen LogP contribution is 2.14. The number of nitrogens with one attached hydrogen (secondary N) is 1. The predicted octanol–water partition coefficient (Wildman–Crippen LogP) is 2.77. The molecule has 1 aliphatic heterocycles. The maximum atomic E-state index is 12.0. The number of benzene rings is 1. The van der Waals surface area contributed by atoms with Crippen LogP contribution in [-0.4, -0.2) is 25.2 Å². The average molecular weight is 301 g/mol. The first-order chi connectivity index (χ1) is 10.8. The van der Waals surface area contributed by atoms with E-state index < -0.39 is 0 Å². The highest BCUT2D eigenvalue weighted by Gasteiger charge is 2.18. The molecule has 116 valence electrons. The lowest BCUT2D eigenvalue weighted by molar-refractivity contribution is 0.0832. The zero-order valence-corrected chi connectivity index (χ0v) is 12.3. The molecule has 1 N–H and O–H groups in total. The number of furan rings is 1. The molecule has 22 heavy (non-hydrogen) atoms. The third kappa shape index (κ3) is 3.89. The fourth-order valence-corrected chi connectivity index (χ4v) is 2.35. The topological polar surface area (TPSA) is 60.7 Å². The van der Waals surface area contributed by atoms with Crippen molar-refractivity contribution < 1.29 is 18.7 Å². The molecule has 0 saturated carbocycles. The molecule has 3 rings (SSSR count). The van der Waals surface area contributed by atoms with Gasteiger partial charge in [-0.3, -0.25) is 4.79 Å². The molecule has 1 aromatic carbocycles. The molecule has 2 heterocycles. The molecule has 1 aliphatic rings. The maximum Gasteiger partial charge on any atom is 0.287 e. The van der Waals surface area contributed by atoms with Gasteiger partial charge in [-0.2, -0.15) is 0 Å². The molecule has 1 fully saturated rings. The van der Waals surface area contributed by atoms with Gasteiger partial charge in [0.2, 0.25) is 0 Å². The Hall–Kier alpha value is -2.27. The largest absolute Gasteiger partial charge is 0.486 e. The van der Waals surface area contributed by atoms with Crippen LogP contribution in [0.25, 0.3) is 0 Å². The van der Waals surface area contributed by atoms with Gasteiger partial charge in [-0.1, -0.05) is 18.2 Å². The first-order valence-electron chi connectivity index (χ1n) is 7.47. The number of carbonyl (C=O) groups excluding carboxylic acids is 1. The Bertz CT molecular complexity index is 602. The number of hydrogen-bond acceptors (Lipinski definition) is 4. The van der Waals surface area contributed by atoms with Gasteiger partial charge in [0.15, 0.2) is 5.76 Å². The minimum absolute atomic E-state index is 0.125. The SMILES string of the molecule is O=C(NC[C@@H]1CCCO1)c1ccc(COc2ccccc2)o1. The second kappa shape index (κ2) is 7.13. The minimum atomic E-state index is -0.221. The van der Waals surface area contributed by atoms with E-state index in [0.717, 1.165) is 25.2 Å². The zero-order chi connectivity index (χ0) is 15.2. The highest BCUT2D eigenvalue weighted by molar-refractivity contribution is 5.91. The molecule has 0 radical (unpaired) electrons. The lowest BCUT2D eigenvalue weighted by Gasteiger charge is -2.09. The van der Waals surface area contributed by atoms with Crippen LogP contribution < -0.4 is 10.1 Å². The second-order valence-corrected chi connectivity index (χ2v) is 5.21. The Labute approximate surface area is 129 Å². The number of para-hydroxylation sites is 1. The summed E-state index contributed by atoms with van der Waals surface area (Å²) in [4.78, 5) is 12.0. The van der Waals surface area contributed by atoms with Crippen molar-refractivity contribution in [3.05, 3.63) is 54.0 Å². The van der Waals surface area contributed by atoms with Crippen molar-refractivity contribution in [2.24, 2.45) is 0 Å². The summed E-state index contributed by atoms with van der Waals surface area (Å²) in [7, 11) is 0. The van der Waals surface area contributed by atoms with Crippen molar-refractivity contribution in [1.82, 2.24) is 5.32 Å². The van der Waals surface area contributed by atoms with E-state index in [1.165, 1.54) is 0 Å². The van der Waals surface area contributed by atoms with Crippen molar-refractivity contribution in [1.29, 1.82) is 0 Å². The Kier molecular flexibility index (Phi) is 4.75. The summed E-state index contributed by atoms with van der Waals surface area (Å²) < 4.78 is 16.6. The van der Waals surface area contributed by atoms with E-state index in [0.29, 0.717) is 24.7 Å². The third-order valence-corrected chi connectivity index (χ3v) is 3.52. The number of rotatable bonds is 6. The first kappa shape index (κ1) is 14.7. The van der Waals surface area contributed by atoms with Gasteiger partial charge in [0, 0.05) is 13.2 Å². The fourth-order valence-electron chi connectivity index (χ4n) is 2.35. The van der Waals surface area contributed by atoms with E-state index >= 15 is 0 Å². The Morgan fingerprint density at radius 3 is 2.86 bits per heavy atom. The van der Waals surface area contributed by atoms with Crippen molar-refractivity contribution in [3.8, 4) is 5.75 Å². The molecule has 0 unspecified atom stereocenters. The maximum absolute atomic E-state index is 12.0. The first-order valence-corrected chi connectivity index (χ1v) is 7.47. The van der Waals surface area contributed by atoms with E-state index in [1.807, 2.05) is 30.3 Å². The summed E-state index contributed by atoms with van der Waals surface area (Å²) in [6.45, 7) is 1.60. The van der Waals surface area contributed by atoms with Crippen molar-refractivity contribution in [2.75, 3.05) is 13.2 Å². The summed E-state index contributed by atoms with van der Waals surface area (Å²) in [5.41, 5.74) is 0. The molecule has 5 heteroatoms. The molecule has 1 saturated heterocycles. The smallest absolute Gasteiger partial charge is 0.287 e. The Morgan fingerprint density at radius 2 is 2.09 bits per heavy atom. The lowest BCUT2D eigenvalue weighted by atomic mass is 10.2. The standard InChI is InChI=1S/C17H19NO4/c19-17(18-11-14-7-4-10-20-14)16-9-8-15(22-16)12-21-13-5-2-1-3-6-13/h1-3,5-6,8-9,14H,4,7,10-12H2,(H,18,19)/t14-/m0/s1. The van der Waals surface area contributed by atoms with Crippen LogP contribution >= 0.6 is 0 Å². The Morgan fingerprint density at radius 1 is 1.23 bits per heavy atom. The molecule has 5 nitrogen and oxygen atoms in total. The van der Waals surface area contributed by atoms with E-state index in [9.17, 15) is 4.79 Å². The van der Waals surface area contributed by atoms with Crippen molar-refractivity contribution in [2.45, 2.75) is 25.6 Å². The van der Waals surface area contributed by atoms with E-state index in [2.05, 4.69) is 5.32 Å². The van der Waals surface area contributed by atoms with Crippen LogP contribution in [0.3, 0.4) is 0 Å². The average Bonchev–Trinajstić information content (AvgIpc) is 3.23. The van der Waals surface area contributed by atoms with Crippen molar-refractivity contribution in [3.63, 3.8) is 0 Å². The van der Waals surface area contributed by atoms with Crippen LogP contribution in [0, 0.1) is 0 Å². The van der Waals surface area contributed by atoms with Gasteiger partial charge in [-0.25, -0.2) is 0 Å².